The average molecular weight is 361 g/mol. The van der Waals surface area contributed by atoms with E-state index in [9.17, 15) is 18.0 Å². The smallest absolute Gasteiger partial charge is 0.251 e. The monoisotopic (exact) mass is 361 g/mol. The summed E-state index contributed by atoms with van der Waals surface area (Å²) in [6.45, 7) is 2.00. The topological polar surface area (TPSA) is 118 Å². The maximum atomic E-state index is 12.1. The summed E-state index contributed by atoms with van der Waals surface area (Å²) in [6, 6.07) is 12.5. The number of nitrogens with two attached hydrogens (primary N) is 1. The highest BCUT2D eigenvalue weighted by Crippen LogP contribution is 2.11. The SMILES string of the molecule is CCC(=O)Nc1ccc(C(=O)NCc2ccc(S(N)(=O)=O)cc2)cc1. The van der Waals surface area contributed by atoms with Crippen LogP contribution in [0.15, 0.2) is 53.4 Å². The third kappa shape index (κ3) is 5.40. The predicted octanol–water partition coefficient (Wildman–Crippen LogP) is 1.61. The van der Waals surface area contributed by atoms with Crippen LogP contribution in [-0.2, 0) is 21.4 Å². The van der Waals surface area contributed by atoms with Crippen LogP contribution in [0.3, 0.4) is 0 Å². The fraction of sp³-hybridized carbons (Fsp3) is 0.176. The molecule has 8 heteroatoms. The minimum Gasteiger partial charge on any atom is -0.348 e. The zero-order chi connectivity index (χ0) is 18.4. The van der Waals surface area contributed by atoms with Crippen molar-refractivity contribution in [3.05, 3.63) is 59.7 Å². The molecule has 132 valence electrons. The maximum absolute atomic E-state index is 12.1. The van der Waals surface area contributed by atoms with Crippen LogP contribution in [-0.4, -0.2) is 20.2 Å². The number of nitrogens with one attached hydrogen (secondary N) is 2. The molecule has 25 heavy (non-hydrogen) atoms. The summed E-state index contributed by atoms with van der Waals surface area (Å²) in [5, 5.41) is 10.5. The van der Waals surface area contributed by atoms with Crippen molar-refractivity contribution in [1.82, 2.24) is 5.32 Å². The molecular formula is C17H19N3O4S. The van der Waals surface area contributed by atoms with Gasteiger partial charge in [-0.2, -0.15) is 0 Å². The van der Waals surface area contributed by atoms with Crippen molar-refractivity contribution in [1.29, 1.82) is 0 Å². The van der Waals surface area contributed by atoms with Crippen LogP contribution in [0.25, 0.3) is 0 Å². The minimum atomic E-state index is -3.73. The lowest BCUT2D eigenvalue weighted by Crippen LogP contribution is -2.22. The highest BCUT2D eigenvalue weighted by molar-refractivity contribution is 7.89. The van der Waals surface area contributed by atoms with Gasteiger partial charge in [-0.05, 0) is 42.0 Å². The quantitative estimate of drug-likeness (QED) is 0.724. The van der Waals surface area contributed by atoms with Crippen LogP contribution in [0.5, 0.6) is 0 Å². The van der Waals surface area contributed by atoms with Crippen LogP contribution in [0.1, 0.15) is 29.3 Å². The average Bonchev–Trinajstić information content (AvgIpc) is 2.59. The van der Waals surface area contributed by atoms with Crippen LogP contribution in [0.2, 0.25) is 0 Å². The molecule has 0 unspecified atom stereocenters. The van der Waals surface area contributed by atoms with Crippen molar-refractivity contribution in [2.24, 2.45) is 5.14 Å². The zero-order valence-corrected chi connectivity index (χ0v) is 14.5. The van der Waals surface area contributed by atoms with Gasteiger partial charge in [-0.1, -0.05) is 19.1 Å². The number of rotatable bonds is 6. The molecule has 0 saturated heterocycles. The standard InChI is InChI=1S/C17H19N3O4S/c1-2-16(21)20-14-7-5-13(6-8-14)17(22)19-11-12-3-9-15(10-4-12)25(18,23)24/h3-10H,2,11H2,1H3,(H,19,22)(H,20,21)(H2,18,23,24). The Morgan fingerprint density at radius 3 is 2.12 bits per heavy atom. The molecule has 0 heterocycles. The predicted molar refractivity (Wildman–Crippen MR) is 94.3 cm³/mol. The number of carbonyl (C=O) groups excluding carboxylic acids is 2. The van der Waals surface area contributed by atoms with Crippen LogP contribution in [0, 0.1) is 0 Å². The second kappa shape index (κ2) is 7.91. The summed E-state index contributed by atoms with van der Waals surface area (Å²) < 4.78 is 22.4. The van der Waals surface area contributed by atoms with Gasteiger partial charge in [-0.15, -0.1) is 0 Å². The van der Waals surface area contributed by atoms with E-state index >= 15 is 0 Å². The number of hydrogen-bond acceptors (Lipinski definition) is 4. The van der Waals surface area contributed by atoms with E-state index in [4.69, 9.17) is 5.14 Å². The summed E-state index contributed by atoms with van der Waals surface area (Å²) in [6.07, 6.45) is 0.381. The first-order valence-corrected chi connectivity index (χ1v) is 9.14. The van der Waals surface area contributed by atoms with Gasteiger partial charge in [0.1, 0.15) is 0 Å². The fourth-order valence-corrected chi connectivity index (χ4v) is 2.55. The Morgan fingerprint density at radius 2 is 1.60 bits per heavy atom. The largest absolute Gasteiger partial charge is 0.348 e. The molecule has 2 amide bonds. The normalized spacial score (nSPS) is 11.0. The summed E-state index contributed by atoms with van der Waals surface area (Å²) in [7, 11) is -3.73. The summed E-state index contributed by atoms with van der Waals surface area (Å²) >= 11 is 0. The second-order valence-electron chi connectivity index (χ2n) is 5.35. The molecule has 7 nitrogen and oxygen atoms in total. The van der Waals surface area contributed by atoms with Gasteiger partial charge in [0.25, 0.3) is 5.91 Å². The van der Waals surface area contributed by atoms with E-state index in [1.807, 2.05) is 0 Å². The molecule has 0 bridgehead atoms. The molecule has 0 atom stereocenters. The van der Waals surface area contributed by atoms with Gasteiger partial charge in [0.05, 0.1) is 4.90 Å². The van der Waals surface area contributed by atoms with E-state index in [-0.39, 0.29) is 23.3 Å². The van der Waals surface area contributed by atoms with Gasteiger partial charge in [-0.3, -0.25) is 9.59 Å². The van der Waals surface area contributed by atoms with E-state index < -0.39 is 10.0 Å². The number of hydrogen-bond donors (Lipinski definition) is 3. The molecule has 2 aromatic carbocycles. The molecule has 0 aliphatic heterocycles. The molecule has 0 aromatic heterocycles. The highest BCUT2D eigenvalue weighted by atomic mass is 32.2. The van der Waals surface area contributed by atoms with Crippen molar-refractivity contribution >= 4 is 27.5 Å². The molecule has 0 aliphatic rings. The van der Waals surface area contributed by atoms with Crippen molar-refractivity contribution < 1.29 is 18.0 Å². The van der Waals surface area contributed by atoms with E-state index in [2.05, 4.69) is 10.6 Å². The van der Waals surface area contributed by atoms with Crippen LogP contribution >= 0.6 is 0 Å². The Labute approximate surface area is 146 Å². The summed E-state index contributed by atoms with van der Waals surface area (Å²) in [5.41, 5.74) is 1.82. The minimum absolute atomic E-state index is 0.0206. The first-order valence-electron chi connectivity index (χ1n) is 7.59. The van der Waals surface area contributed by atoms with Gasteiger partial charge in [0, 0.05) is 24.2 Å². The first-order chi connectivity index (χ1) is 11.8. The summed E-state index contributed by atoms with van der Waals surface area (Å²) in [5.74, 6) is -0.371. The van der Waals surface area contributed by atoms with Gasteiger partial charge in [0.2, 0.25) is 15.9 Å². The summed E-state index contributed by atoms with van der Waals surface area (Å²) in [4.78, 5) is 23.4. The molecular weight excluding hydrogens is 342 g/mol. The lowest BCUT2D eigenvalue weighted by molar-refractivity contribution is -0.115. The van der Waals surface area contributed by atoms with Crippen molar-refractivity contribution in [3.63, 3.8) is 0 Å². The van der Waals surface area contributed by atoms with Crippen LogP contribution in [0.4, 0.5) is 5.69 Å². The van der Waals surface area contributed by atoms with Crippen LogP contribution < -0.4 is 15.8 Å². The second-order valence-corrected chi connectivity index (χ2v) is 6.91. The first kappa shape index (κ1) is 18.6. The van der Waals surface area contributed by atoms with E-state index in [0.29, 0.717) is 17.7 Å². The zero-order valence-electron chi connectivity index (χ0n) is 13.7. The number of primary sulfonamides is 1. The Hall–Kier alpha value is -2.71. The van der Waals surface area contributed by atoms with Gasteiger partial charge < -0.3 is 10.6 Å². The molecule has 0 radical (unpaired) electrons. The fourth-order valence-electron chi connectivity index (χ4n) is 2.04. The number of anilines is 1. The third-order valence-electron chi connectivity index (χ3n) is 3.46. The Bertz CT molecular complexity index is 860. The van der Waals surface area contributed by atoms with Gasteiger partial charge >= 0.3 is 0 Å². The molecule has 0 aliphatic carbocycles. The van der Waals surface area contributed by atoms with Gasteiger partial charge in [-0.25, -0.2) is 13.6 Å². The molecule has 0 spiro atoms. The van der Waals surface area contributed by atoms with Crippen molar-refractivity contribution in [2.45, 2.75) is 24.8 Å². The molecule has 2 rings (SSSR count). The highest BCUT2D eigenvalue weighted by Gasteiger charge is 2.08. The molecule has 4 N–H and O–H groups in total. The van der Waals surface area contributed by atoms with Crippen molar-refractivity contribution in [2.75, 3.05) is 5.32 Å². The lowest BCUT2D eigenvalue weighted by Gasteiger charge is -2.08. The van der Waals surface area contributed by atoms with E-state index in [1.54, 1.807) is 43.3 Å². The Balaban J connectivity index is 1.95. The molecule has 0 saturated carbocycles. The number of benzene rings is 2. The van der Waals surface area contributed by atoms with Crippen molar-refractivity contribution in [3.8, 4) is 0 Å². The number of carbonyl (C=O) groups is 2. The molecule has 2 aromatic rings. The van der Waals surface area contributed by atoms with Gasteiger partial charge in [0.15, 0.2) is 0 Å². The number of amides is 2. The lowest BCUT2D eigenvalue weighted by atomic mass is 10.1. The Kier molecular flexibility index (Phi) is 5.89. The third-order valence-corrected chi connectivity index (χ3v) is 4.39. The van der Waals surface area contributed by atoms with E-state index in [0.717, 1.165) is 5.56 Å². The number of sulfonamides is 1. The van der Waals surface area contributed by atoms with E-state index in [1.165, 1.54) is 12.1 Å². The molecule has 0 fully saturated rings. The maximum Gasteiger partial charge on any atom is 0.251 e. The Morgan fingerprint density at radius 1 is 1.00 bits per heavy atom.